The van der Waals surface area contributed by atoms with E-state index in [2.05, 4.69) is 59.3 Å². The van der Waals surface area contributed by atoms with Gasteiger partial charge in [0.2, 0.25) is 0 Å². The summed E-state index contributed by atoms with van der Waals surface area (Å²) in [6.07, 6.45) is 1.25. The minimum absolute atomic E-state index is 0.302. The van der Waals surface area contributed by atoms with E-state index in [1.807, 2.05) is 58.0 Å². The molecule has 2 rings (SSSR count). The van der Waals surface area contributed by atoms with E-state index in [4.69, 9.17) is 8.92 Å². The Labute approximate surface area is 170 Å². The molecule has 0 bridgehead atoms. The Morgan fingerprint density at radius 1 is 0.880 bits per heavy atom. The average molecular weight is 474 g/mol. The van der Waals surface area contributed by atoms with Gasteiger partial charge in [0.15, 0.2) is 0 Å². The van der Waals surface area contributed by atoms with Gasteiger partial charge in [-0.1, -0.05) is 76.6 Å². The minimum atomic E-state index is -0.302. The van der Waals surface area contributed by atoms with Crippen LogP contribution in [0.15, 0.2) is 54.6 Å². The SMILES string of the molecule is CC.CC(C)(COc1ccc(-c2ccccc2)cc1)OSI.CCC. The largest absolute Gasteiger partial charge is 0.491 e. The second kappa shape index (κ2) is 14.4. The Bertz CT molecular complexity index is 542. The lowest BCUT2D eigenvalue weighted by Crippen LogP contribution is -2.29. The summed E-state index contributed by atoms with van der Waals surface area (Å²) in [4.78, 5) is 0. The Kier molecular flexibility index (Phi) is 14.0. The highest BCUT2D eigenvalue weighted by Gasteiger charge is 2.20. The standard InChI is InChI=1S/C16H17IO2S.C3H8.C2H6/c1-16(2,19-20-17)12-18-15-10-8-14(9-11-15)13-6-4-3-5-7-13;1-3-2;1-2/h3-11H,12H2,1-2H3;3H2,1-2H3;1-2H3. The molecule has 0 amide bonds. The van der Waals surface area contributed by atoms with Gasteiger partial charge in [-0.25, -0.2) is 0 Å². The monoisotopic (exact) mass is 474 g/mol. The Morgan fingerprint density at radius 2 is 1.36 bits per heavy atom. The first-order valence-electron chi connectivity index (χ1n) is 8.77. The third-order valence-electron chi connectivity index (χ3n) is 2.80. The summed E-state index contributed by atoms with van der Waals surface area (Å²) >= 11 is 2.12. The molecule has 0 radical (unpaired) electrons. The van der Waals surface area contributed by atoms with Crippen molar-refractivity contribution >= 4 is 30.4 Å². The van der Waals surface area contributed by atoms with Crippen LogP contribution in [-0.2, 0) is 4.18 Å². The van der Waals surface area contributed by atoms with Crippen molar-refractivity contribution in [2.75, 3.05) is 6.61 Å². The van der Waals surface area contributed by atoms with Gasteiger partial charge >= 0.3 is 0 Å². The summed E-state index contributed by atoms with van der Waals surface area (Å²) in [6, 6.07) is 18.5. The normalized spacial score (nSPS) is 10.0. The molecule has 0 atom stereocenters. The molecule has 0 aliphatic heterocycles. The van der Waals surface area contributed by atoms with Crippen LogP contribution in [0.25, 0.3) is 11.1 Å². The van der Waals surface area contributed by atoms with Gasteiger partial charge in [-0.15, -0.1) is 0 Å². The second-order valence-corrected chi connectivity index (χ2v) is 7.16. The number of benzene rings is 2. The summed E-state index contributed by atoms with van der Waals surface area (Å²) in [5.41, 5.74) is 2.10. The highest BCUT2D eigenvalue weighted by atomic mass is 127. The minimum Gasteiger partial charge on any atom is -0.491 e. The van der Waals surface area contributed by atoms with Crippen LogP contribution in [0.1, 0.15) is 48.0 Å². The number of ether oxygens (including phenoxy) is 1. The molecule has 0 aliphatic rings. The van der Waals surface area contributed by atoms with Crippen LogP contribution in [0.2, 0.25) is 0 Å². The number of rotatable bonds is 6. The molecule has 2 aromatic rings. The lowest BCUT2D eigenvalue weighted by atomic mass is 10.1. The zero-order chi connectivity index (χ0) is 19.1. The number of hydrogen-bond donors (Lipinski definition) is 0. The summed E-state index contributed by atoms with van der Waals surface area (Å²) < 4.78 is 11.3. The van der Waals surface area contributed by atoms with Crippen molar-refractivity contribution in [1.82, 2.24) is 0 Å². The zero-order valence-corrected chi connectivity index (χ0v) is 19.2. The third kappa shape index (κ3) is 10.8. The molecule has 0 unspecified atom stereocenters. The molecule has 2 aromatic carbocycles. The average Bonchev–Trinajstić information content (AvgIpc) is 2.64. The van der Waals surface area contributed by atoms with E-state index in [-0.39, 0.29) is 5.60 Å². The molecule has 0 aliphatic carbocycles. The van der Waals surface area contributed by atoms with Crippen molar-refractivity contribution in [2.45, 2.75) is 53.6 Å². The van der Waals surface area contributed by atoms with E-state index in [9.17, 15) is 0 Å². The lowest BCUT2D eigenvalue weighted by Gasteiger charge is -2.22. The van der Waals surface area contributed by atoms with Gasteiger partial charge in [0.05, 0.1) is 9.21 Å². The van der Waals surface area contributed by atoms with E-state index in [1.54, 1.807) is 0 Å². The first kappa shape index (κ1) is 24.3. The van der Waals surface area contributed by atoms with Crippen LogP contribution in [0.5, 0.6) is 5.75 Å². The van der Waals surface area contributed by atoms with Crippen molar-refractivity contribution in [3.8, 4) is 16.9 Å². The first-order chi connectivity index (χ1) is 12.0. The van der Waals surface area contributed by atoms with E-state index in [0.29, 0.717) is 6.61 Å². The highest BCUT2D eigenvalue weighted by Crippen LogP contribution is 2.26. The van der Waals surface area contributed by atoms with Gasteiger partial charge in [-0.05, 0) is 37.1 Å². The van der Waals surface area contributed by atoms with Crippen LogP contribution in [-0.4, -0.2) is 12.2 Å². The fourth-order valence-corrected chi connectivity index (χ4v) is 3.42. The molecule has 0 spiro atoms. The fourth-order valence-electron chi connectivity index (χ4n) is 1.74. The maximum absolute atomic E-state index is 5.77. The summed E-state index contributed by atoms with van der Waals surface area (Å²) in [5, 5.41) is 0. The van der Waals surface area contributed by atoms with E-state index in [0.717, 1.165) is 5.75 Å². The Balaban J connectivity index is 0.00000104. The van der Waals surface area contributed by atoms with Gasteiger partial charge in [-0.3, -0.25) is 4.18 Å². The van der Waals surface area contributed by atoms with Gasteiger partial charge < -0.3 is 4.74 Å². The highest BCUT2D eigenvalue weighted by molar-refractivity contribution is 14.2. The molecular formula is C21H31IO2S. The van der Waals surface area contributed by atoms with Crippen molar-refractivity contribution in [3.63, 3.8) is 0 Å². The Morgan fingerprint density at radius 3 is 1.84 bits per heavy atom. The first-order valence-corrected chi connectivity index (χ1v) is 12.1. The number of halogens is 1. The molecule has 4 heteroatoms. The molecule has 0 heterocycles. The molecule has 25 heavy (non-hydrogen) atoms. The molecule has 0 saturated heterocycles. The van der Waals surface area contributed by atoms with E-state index >= 15 is 0 Å². The quantitative estimate of drug-likeness (QED) is 0.313. The third-order valence-corrected chi connectivity index (χ3v) is 3.86. The zero-order valence-electron chi connectivity index (χ0n) is 16.2. The van der Waals surface area contributed by atoms with Crippen molar-refractivity contribution in [2.24, 2.45) is 0 Å². The van der Waals surface area contributed by atoms with Crippen LogP contribution in [0.4, 0.5) is 0 Å². The van der Waals surface area contributed by atoms with E-state index < -0.39 is 0 Å². The van der Waals surface area contributed by atoms with E-state index in [1.165, 1.54) is 26.8 Å². The number of hydrogen-bond acceptors (Lipinski definition) is 3. The molecule has 2 nitrogen and oxygen atoms in total. The van der Waals surface area contributed by atoms with Crippen molar-refractivity contribution in [1.29, 1.82) is 0 Å². The van der Waals surface area contributed by atoms with Crippen LogP contribution in [0.3, 0.4) is 0 Å². The predicted octanol–water partition coefficient (Wildman–Crippen LogP) is 7.97. The topological polar surface area (TPSA) is 18.5 Å². The van der Waals surface area contributed by atoms with Gasteiger partial charge in [0, 0.05) is 21.2 Å². The lowest BCUT2D eigenvalue weighted by molar-refractivity contribution is 0.0750. The van der Waals surface area contributed by atoms with Crippen LogP contribution < -0.4 is 4.74 Å². The molecule has 140 valence electrons. The van der Waals surface area contributed by atoms with Gasteiger partial charge in [0.25, 0.3) is 0 Å². The summed E-state index contributed by atoms with van der Waals surface area (Å²) in [7, 11) is 1.33. The molecular weight excluding hydrogens is 443 g/mol. The summed E-state index contributed by atoms with van der Waals surface area (Å²) in [5.74, 6) is 0.861. The second-order valence-electron chi connectivity index (χ2n) is 5.79. The molecule has 0 N–H and O–H groups in total. The Hall–Kier alpha value is -0.720. The maximum Gasteiger partial charge on any atom is 0.119 e. The van der Waals surface area contributed by atoms with Crippen molar-refractivity contribution in [3.05, 3.63) is 54.6 Å². The van der Waals surface area contributed by atoms with Gasteiger partial charge in [-0.2, -0.15) is 0 Å². The van der Waals surface area contributed by atoms with Crippen LogP contribution in [0, 0.1) is 0 Å². The molecule has 0 saturated carbocycles. The van der Waals surface area contributed by atoms with Gasteiger partial charge in [0.1, 0.15) is 18.0 Å². The fraction of sp³-hybridized carbons (Fsp3) is 0.429. The maximum atomic E-state index is 5.77. The molecule has 0 aromatic heterocycles. The van der Waals surface area contributed by atoms with Crippen molar-refractivity contribution < 1.29 is 8.92 Å². The van der Waals surface area contributed by atoms with Crippen LogP contribution >= 0.6 is 30.4 Å². The molecule has 0 fully saturated rings. The predicted molar refractivity (Wildman–Crippen MR) is 121 cm³/mol. The smallest absolute Gasteiger partial charge is 0.119 e. The summed E-state index contributed by atoms with van der Waals surface area (Å²) in [6.45, 7) is 12.8.